The number of rotatable bonds is 6. The van der Waals surface area contributed by atoms with Gasteiger partial charge in [0.05, 0.1) is 5.92 Å². The molecule has 0 saturated heterocycles. The summed E-state index contributed by atoms with van der Waals surface area (Å²) in [5.74, 6) is -2.03. The minimum Gasteiger partial charge on any atom is -0.294 e. The van der Waals surface area contributed by atoms with Crippen molar-refractivity contribution in [2.45, 2.75) is 39.3 Å². The number of hydrogen-bond acceptors (Lipinski definition) is 1. The fraction of sp³-hybridized carbons (Fsp3) is 0.438. The third-order valence-electron chi connectivity index (χ3n) is 3.06. The standard InChI is InChI=1S/C16H19F3O/c1-12(2)7-6-10-14(16(17,18)19)11-15(20)13-8-4-3-5-9-13/h3-5,7-9,14H,6,10-11H2,1-2H3. The van der Waals surface area contributed by atoms with Crippen LogP contribution >= 0.6 is 0 Å². The Morgan fingerprint density at radius 3 is 2.30 bits per heavy atom. The van der Waals surface area contributed by atoms with Crippen LogP contribution in [0, 0.1) is 5.92 Å². The highest BCUT2D eigenvalue weighted by molar-refractivity contribution is 5.96. The zero-order valence-electron chi connectivity index (χ0n) is 11.7. The second-order valence-electron chi connectivity index (χ2n) is 5.09. The number of Topliss-reactive ketones (excluding diaryl/α,β-unsaturated/α-hetero) is 1. The van der Waals surface area contributed by atoms with Gasteiger partial charge >= 0.3 is 6.18 Å². The Balaban J connectivity index is 2.70. The van der Waals surface area contributed by atoms with E-state index in [1.807, 2.05) is 13.8 Å². The Morgan fingerprint density at radius 1 is 1.20 bits per heavy atom. The van der Waals surface area contributed by atoms with Gasteiger partial charge in [-0.1, -0.05) is 42.0 Å². The lowest BCUT2D eigenvalue weighted by atomic mass is 9.93. The summed E-state index contributed by atoms with van der Waals surface area (Å²) in [6, 6.07) is 8.13. The molecule has 0 spiro atoms. The Labute approximate surface area is 117 Å². The molecule has 0 amide bonds. The van der Waals surface area contributed by atoms with Gasteiger partial charge in [-0.15, -0.1) is 0 Å². The van der Waals surface area contributed by atoms with Crippen molar-refractivity contribution in [2.24, 2.45) is 5.92 Å². The maximum absolute atomic E-state index is 12.9. The van der Waals surface area contributed by atoms with Gasteiger partial charge in [0.15, 0.2) is 5.78 Å². The van der Waals surface area contributed by atoms with E-state index in [1.54, 1.807) is 36.4 Å². The predicted molar refractivity (Wildman–Crippen MR) is 73.6 cm³/mol. The molecule has 0 aliphatic heterocycles. The molecule has 1 aromatic rings. The van der Waals surface area contributed by atoms with E-state index < -0.39 is 24.3 Å². The minimum absolute atomic E-state index is 0.0484. The van der Waals surface area contributed by atoms with Crippen LogP contribution in [-0.2, 0) is 0 Å². The summed E-state index contributed by atoms with van der Waals surface area (Å²) < 4.78 is 38.8. The monoisotopic (exact) mass is 284 g/mol. The molecule has 0 aromatic heterocycles. The van der Waals surface area contributed by atoms with Crippen molar-refractivity contribution in [2.75, 3.05) is 0 Å². The zero-order valence-corrected chi connectivity index (χ0v) is 11.7. The second-order valence-corrected chi connectivity index (χ2v) is 5.09. The predicted octanol–water partition coefficient (Wildman–Crippen LogP) is 5.18. The molecule has 0 aliphatic carbocycles. The van der Waals surface area contributed by atoms with Crippen molar-refractivity contribution in [1.29, 1.82) is 0 Å². The van der Waals surface area contributed by atoms with Gasteiger partial charge < -0.3 is 0 Å². The van der Waals surface area contributed by atoms with Gasteiger partial charge in [-0.3, -0.25) is 4.79 Å². The molecule has 1 atom stereocenters. The number of benzene rings is 1. The topological polar surface area (TPSA) is 17.1 Å². The summed E-state index contributed by atoms with van der Waals surface area (Å²) in [5, 5.41) is 0. The number of halogens is 3. The molecule has 0 fully saturated rings. The SMILES string of the molecule is CC(C)=CCCC(CC(=O)c1ccccc1)C(F)(F)F. The maximum atomic E-state index is 12.9. The average molecular weight is 284 g/mol. The van der Waals surface area contributed by atoms with Crippen LogP contribution in [0.1, 0.15) is 43.5 Å². The molecule has 0 heterocycles. The normalized spacial score (nSPS) is 12.8. The third kappa shape index (κ3) is 5.59. The van der Waals surface area contributed by atoms with Crippen LogP contribution in [0.5, 0.6) is 0 Å². The molecular formula is C16H19F3O. The highest BCUT2D eigenvalue weighted by atomic mass is 19.4. The Kier molecular flexibility index (Phi) is 5.99. The number of carbonyl (C=O) groups excluding carboxylic acids is 1. The molecule has 0 bridgehead atoms. The van der Waals surface area contributed by atoms with Crippen LogP contribution in [0.2, 0.25) is 0 Å². The lowest BCUT2D eigenvalue weighted by Gasteiger charge is -2.19. The van der Waals surface area contributed by atoms with Gasteiger partial charge in [-0.25, -0.2) is 0 Å². The summed E-state index contributed by atoms with van der Waals surface area (Å²) in [6.07, 6.45) is -2.75. The second kappa shape index (κ2) is 7.27. The first-order chi connectivity index (χ1) is 9.30. The number of alkyl halides is 3. The molecule has 1 nitrogen and oxygen atoms in total. The molecule has 20 heavy (non-hydrogen) atoms. The van der Waals surface area contributed by atoms with E-state index in [1.165, 1.54) is 0 Å². The van der Waals surface area contributed by atoms with Gasteiger partial charge in [0.2, 0.25) is 0 Å². The van der Waals surface area contributed by atoms with E-state index in [0.717, 1.165) is 5.57 Å². The summed E-state index contributed by atoms with van der Waals surface area (Å²) in [4.78, 5) is 11.9. The highest BCUT2D eigenvalue weighted by Gasteiger charge is 2.40. The first-order valence-corrected chi connectivity index (χ1v) is 6.59. The minimum atomic E-state index is -4.33. The molecule has 1 rings (SSSR count). The summed E-state index contributed by atoms with van der Waals surface area (Å²) in [5.41, 5.74) is 1.32. The molecule has 4 heteroatoms. The van der Waals surface area contributed by atoms with Crippen LogP contribution in [0.4, 0.5) is 13.2 Å². The summed E-state index contributed by atoms with van der Waals surface area (Å²) in [7, 11) is 0. The fourth-order valence-electron chi connectivity index (χ4n) is 1.92. The fourth-order valence-corrected chi connectivity index (χ4v) is 1.92. The van der Waals surface area contributed by atoms with Gasteiger partial charge in [-0.2, -0.15) is 13.2 Å². The van der Waals surface area contributed by atoms with E-state index in [-0.39, 0.29) is 6.42 Å². The lowest BCUT2D eigenvalue weighted by molar-refractivity contribution is -0.175. The zero-order chi connectivity index (χ0) is 15.2. The van der Waals surface area contributed by atoms with E-state index in [9.17, 15) is 18.0 Å². The van der Waals surface area contributed by atoms with Crippen molar-refractivity contribution in [3.8, 4) is 0 Å². The first kappa shape index (κ1) is 16.5. The van der Waals surface area contributed by atoms with E-state index in [4.69, 9.17) is 0 Å². The molecule has 0 saturated carbocycles. The van der Waals surface area contributed by atoms with Crippen molar-refractivity contribution < 1.29 is 18.0 Å². The molecule has 0 radical (unpaired) electrons. The van der Waals surface area contributed by atoms with Crippen molar-refractivity contribution in [3.63, 3.8) is 0 Å². The Morgan fingerprint density at radius 2 is 1.80 bits per heavy atom. The Bertz CT molecular complexity index is 456. The summed E-state index contributed by atoms with van der Waals surface area (Å²) in [6.45, 7) is 3.69. The van der Waals surface area contributed by atoms with Gasteiger partial charge in [0, 0.05) is 12.0 Å². The van der Waals surface area contributed by atoms with Gasteiger partial charge in [0.1, 0.15) is 0 Å². The largest absolute Gasteiger partial charge is 0.392 e. The van der Waals surface area contributed by atoms with E-state index in [2.05, 4.69) is 0 Å². The number of carbonyl (C=O) groups is 1. The molecule has 1 unspecified atom stereocenters. The van der Waals surface area contributed by atoms with Crippen molar-refractivity contribution >= 4 is 5.78 Å². The van der Waals surface area contributed by atoms with Crippen LogP contribution in [0.15, 0.2) is 42.0 Å². The Hall–Kier alpha value is -1.58. The lowest BCUT2D eigenvalue weighted by Crippen LogP contribution is -2.25. The quantitative estimate of drug-likeness (QED) is 0.519. The number of allylic oxidation sites excluding steroid dienone is 2. The van der Waals surface area contributed by atoms with Crippen molar-refractivity contribution in [3.05, 3.63) is 47.5 Å². The number of hydrogen-bond donors (Lipinski definition) is 0. The smallest absolute Gasteiger partial charge is 0.294 e. The van der Waals surface area contributed by atoms with Crippen LogP contribution < -0.4 is 0 Å². The molecule has 1 aromatic carbocycles. The van der Waals surface area contributed by atoms with Gasteiger partial charge in [0.25, 0.3) is 0 Å². The van der Waals surface area contributed by atoms with Gasteiger partial charge in [-0.05, 0) is 26.7 Å². The molecule has 0 N–H and O–H groups in total. The van der Waals surface area contributed by atoms with Crippen LogP contribution in [-0.4, -0.2) is 12.0 Å². The summed E-state index contributed by atoms with van der Waals surface area (Å²) >= 11 is 0. The number of ketones is 1. The van der Waals surface area contributed by atoms with Crippen LogP contribution in [0.3, 0.4) is 0 Å². The maximum Gasteiger partial charge on any atom is 0.392 e. The van der Waals surface area contributed by atoms with Crippen molar-refractivity contribution in [1.82, 2.24) is 0 Å². The molecular weight excluding hydrogens is 265 g/mol. The van der Waals surface area contributed by atoms with E-state index >= 15 is 0 Å². The first-order valence-electron chi connectivity index (χ1n) is 6.59. The van der Waals surface area contributed by atoms with Crippen LogP contribution in [0.25, 0.3) is 0 Å². The van der Waals surface area contributed by atoms with E-state index in [0.29, 0.717) is 12.0 Å². The average Bonchev–Trinajstić information content (AvgIpc) is 2.37. The molecule has 110 valence electrons. The third-order valence-corrected chi connectivity index (χ3v) is 3.06. The molecule has 0 aliphatic rings. The highest BCUT2D eigenvalue weighted by Crippen LogP contribution is 2.33.